The van der Waals surface area contributed by atoms with Crippen molar-refractivity contribution in [2.45, 2.75) is 4.90 Å². The number of halogens is 2. The minimum absolute atomic E-state index is 0.210. The average molecular weight is 383 g/mol. The highest BCUT2D eigenvalue weighted by molar-refractivity contribution is 7.80. The van der Waals surface area contributed by atoms with E-state index in [1.807, 2.05) is 6.07 Å². The maximum absolute atomic E-state index is 12.3. The fourth-order valence-corrected chi connectivity index (χ4v) is 3.20. The van der Waals surface area contributed by atoms with E-state index in [9.17, 15) is 4.21 Å². The first-order chi connectivity index (χ1) is 11.6. The highest BCUT2D eigenvalue weighted by Gasteiger charge is 2.15. The van der Waals surface area contributed by atoms with Crippen molar-refractivity contribution in [1.29, 1.82) is 0 Å². The lowest BCUT2D eigenvalue weighted by Gasteiger charge is -2.10. The molecule has 0 N–H and O–H groups in total. The second-order valence-corrected chi connectivity index (χ2v) is 6.57. The number of hydrogen-bond donors (Lipinski definition) is 0. The van der Waals surface area contributed by atoms with Gasteiger partial charge in [0, 0.05) is 6.07 Å². The summed E-state index contributed by atoms with van der Waals surface area (Å²) in [5.74, 6) is 0.775. The Kier molecular flexibility index (Phi) is 5.08. The van der Waals surface area contributed by atoms with E-state index in [1.165, 1.54) is 17.9 Å². The van der Waals surface area contributed by atoms with Gasteiger partial charge in [-0.1, -0.05) is 41.4 Å². The second kappa shape index (κ2) is 7.25. The number of hydrogen-bond acceptors (Lipinski definition) is 4. The van der Waals surface area contributed by atoms with E-state index >= 15 is 0 Å². The van der Waals surface area contributed by atoms with Gasteiger partial charge in [0.15, 0.2) is 5.15 Å². The predicted octanol–water partition coefficient (Wildman–Crippen LogP) is 4.29. The van der Waals surface area contributed by atoms with E-state index in [1.54, 1.807) is 42.5 Å². The molecule has 0 radical (unpaired) electrons. The van der Waals surface area contributed by atoms with Gasteiger partial charge in [-0.3, -0.25) is 0 Å². The van der Waals surface area contributed by atoms with Crippen molar-refractivity contribution >= 4 is 34.3 Å². The van der Waals surface area contributed by atoms with Gasteiger partial charge in [-0.25, -0.2) is 4.21 Å². The molecule has 0 spiro atoms. The SMILES string of the molecule is COc1ccc(-n2nc(Cl)cc2OS(=O)c2ccccc2)cc1Cl. The molecular formula is C16H12Cl2N2O3S. The lowest BCUT2D eigenvalue weighted by Crippen LogP contribution is -2.06. The minimum Gasteiger partial charge on any atom is -0.495 e. The van der Waals surface area contributed by atoms with E-state index in [0.29, 0.717) is 21.4 Å². The molecule has 0 aliphatic heterocycles. The molecule has 0 aliphatic carbocycles. The summed E-state index contributed by atoms with van der Waals surface area (Å²) in [7, 11) is 1.53. The van der Waals surface area contributed by atoms with Crippen LogP contribution < -0.4 is 8.92 Å². The molecule has 1 heterocycles. The summed E-state index contributed by atoms with van der Waals surface area (Å²) in [5.41, 5.74) is 0.604. The van der Waals surface area contributed by atoms with E-state index in [-0.39, 0.29) is 11.0 Å². The summed E-state index contributed by atoms with van der Waals surface area (Å²) in [5, 5.41) is 4.77. The van der Waals surface area contributed by atoms with Crippen LogP contribution in [0.2, 0.25) is 10.2 Å². The fourth-order valence-electron chi connectivity index (χ4n) is 2.03. The Morgan fingerprint density at radius 2 is 1.83 bits per heavy atom. The number of benzene rings is 2. The van der Waals surface area contributed by atoms with E-state index < -0.39 is 11.1 Å². The van der Waals surface area contributed by atoms with Gasteiger partial charge in [-0.15, -0.1) is 0 Å². The van der Waals surface area contributed by atoms with Crippen LogP contribution in [0, 0.1) is 0 Å². The number of methoxy groups -OCH3 is 1. The molecule has 0 saturated heterocycles. The van der Waals surface area contributed by atoms with Gasteiger partial charge >= 0.3 is 0 Å². The average Bonchev–Trinajstić information content (AvgIpc) is 2.96. The van der Waals surface area contributed by atoms with Gasteiger partial charge < -0.3 is 8.92 Å². The third-order valence-corrected chi connectivity index (χ3v) is 4.58. The Morgan fingerprint density at radius 1 is 1.08 bits per heavy atom. The van der Waals surface area contributed by atoms with Gasteiger partial charge in [-0.05, 0) is 30.3 Å². The Labute approximate surface area is 151 Å². The Morgan fingerprint density at radius 3 is 2.50 bits per heavy atom. The van der Waals surface area contributed by atoms with E-state index in [0.717, 1.165) is 0 Å². The van der Waals surface area contributed by atoms with Gasteiger partial charge in [0.2, 0.25) is 17.0 Å². The molecule has 24 heavy (non-hydrogen) atoms. The van der Waals surface area contributed by atoms with Crippen LogP contribution in [0.3, 0.4) is 0 Å². The fraction of sp³-hybridized carbons (Fsp3) is 0.0625. The van der Waals surface area contributed by atoms with Crippen molar-refractivity contribution in [3.05, 3.63) is 64.8 Å². The van der Waals surface area contributed by atoms with Crippen LogP contribution in [0.5, 0.6) is 11.6 Å². The third kappa shape index (κ3) is 3.56. The van der Waals surface area contributed by atoms with Crippen LogP contribution in [0.15, 0.2) is 59.5 Å². The van der Waals surface area contributed by atoms with Crippen LogP contribution >= 0.6 is 23.2 Å². The molecule has 1 atom stereocenters. The molecule has 0 aliphatic rings. The number of aromatic nitrogens is 2. The molecule has 2 aromatic carbocycles. The Balaban J connectivity index is 1.94. The molecule has 5 nitrogen and oxygen atoms in total. The van der Waals surface area contributed by atoms with Crippen molar-refractivity contribution in [2.75, 3.05) is 7.11 Å². The van der Waals surface area contributed by atoms with Crippen LogP contribution in [-0.2, 0) is 11.1 Å². The summed E-state index contributed by atoms with van der Waals surface area (Å²) < 4.78 is 24.4. The smallest absolute Gasteiger partial charge is 0.242 e. The van der Waals surface area contributed by atoms with Gasteiger partial charge in [0.1, 0.15) is 5.75 Å². The van der Waals surface area contributed by atoms with Crippen molar-refractivity contribution < 1.29 is 13.1 Å². The zero-order chi connectivity index (χ0) is 17.1. The van der Waals surface area contributed by atoms with Crippen molar-refractivity contribution in [1.82, 2.24) is 9.78 Å². The molecule has 1 unspecified atom stereocenters. The molecule has 0 amide bonds. The number of nitrogens with zero attached hydrogens (tertiary/aromatic N) is 2. The summed E-state index contributed by atoms with van der Waals surface area (Å²) in [6.07, 6.45) is 0. The summed E-state index contributed by atoms with van der Waals surface area (Å²) >= 11 is 10.4. The van der Waals surface area contributed by atoms with E-state index in [4.69, 9.17) is 32.1 Å². The predicted molar refractivity (Wildman–Crippen MR) is 93.6 cm³/mol. The first-order valence-corrected chi connectivity index (χ1v) is 8.66. The highest BCUT2D eigenvalue weighted by atomic mass is 35.5. The minimum atomic E-state index is -1.69. The first kappa shape index (κ1) is 16.8. The molecule has 1 aromatic heterocycles. The summed E-state index contributed by atoms with van der Waals surface area (Å²) in [6, 6.07) is 15.4. The Bertz CT molecular complexity index is 884. The van der Waals surface area contributed by atoms with Crippen LogP contribution in [0.25, 0.3) is 5.69 Å². The maximum Gasteiger partial charge on any atom is 0.242 e. The monoisotopic (exact) mass is 382 g/mol. The molecule has 3 rings (SSSR count). The topological polar surface area (TPSA) is 53.4 Å². The zero-order valence-corrected chi connectivity index (χ0v) is 14.8. The van der Waals surface area contributed by atoms with E-state index in [2.05, 4.69) is 5.10 Å². The lowest BCUT2D eigenvalue weighted by molar-refractivity contribution is 0.415. The zero-order valence-electron chi connectivity index (χ0n) is 12.5. The highest BCUT2D eigenvalue weighted by Crippen LogP contribution is 2.30. The normalized spacial score (nSPS) is 12.0. The summed E-state index contributed by atoms with van der Waals surface area (Å²) in [6.45, 7) is 0. The Hall–Kier alpha value is -2.02. The molecular weight excluding hydrogens is 371 g/mol. The largest absolute Gasteiger partial charge is 0.495 e. The first-order valence-electron chi connectivity index (χ1n) is 6.83. The van der Waals surface area contributed by atoms with Crippen LogP contribution in [0.1, 0.15) is 0 Å². The molecule has 0 bridgehead atoms. The van der Waals surface area contributed by atoms with Crippen LogP contribution in [-0.4, -0.2) is 21.1 Å². The lowest BCUT2D eigenvalue weighted by atomic mass is 10.3. The van der Waals surface area contributed by atoms with Crippen molar-refractivity contribution in [3.8, 4) is 17.3 Å². The van der Waals surface area contributed by atoms with Crippen LogP contribution in [0.4, 0.5) is 0 Å². The van der Waals surface area contributed by atoms with Gasteiger partial charge in [-0.2, -0.15) is 9.78 Å². The third-order valence-electron chi connectivity index (χ3n) is 3.12. The number of rotatable bonds is 5. The van der Waals surface area contributed by atoms with Gasteiger partial charge in [0.05, 0.1) is 22.7 Å². The second-order valence-electron chi connectivity index (χ2n) is 4.67. The van der Waals surface area contributed by atoms with Crippen molar-refractivity contribution in [3.63, 3.8) is 0 Å². The maximum atomic E-state index is 12.3. The quantitative estimate of drug-likeness (QED) is 0.660. The molecule has 0 fully saturated rings. The van der Waals surface area contributed by atoms with Gasteiger partial charge in [0.25, 0.3) is 0 Å². The molecule has 124 valence electrons. The summed E-state index contributed by atoms with van der Waals surface area (Å²) in [4.78, 5) is 0.536. The molecule has 3 aromatic rings. The number of ether oxygens (including phenoxy) is 1. The molecule has 0 saturated carbocycles. The standard InChI is InChI=1S/C16H12Cl2N2O3S/c1-22-14-8-7-11(9-13(14)17)20-16(10-15(18)19-20)23-24(21)12-5-3-2-4-6-12/h2-10H,1H3. The molecule has 8 heteroatoms. The van der Waals surface area contributed by atoms with Crippen molar-refractivity contribution in [2.24, 2.45) is 0 Å².